The van der Waals surface area contributed by atoms with Crippen LogP contribution in [0.1, 0.15) is 49.8 Å². The maximum absolute atomic E-state index is 10.1. The van der Waals surface area contributed by atoms with Crippen LogP contribution in [0.4, 0.5) is 0 Å². The van der Waals surface area contributed by atoms with Crippen molar-refractivity contribution in [2.75, 3.05) is 6.54 Å². The lowest BCUT2D eigenvalue weighted by Crippen LogP contribution is -2.33. The van der Waals surface area contributed by atoms with E-state index in [-0.39, 0.29) is 12.1 Å². The van der Waals surface area contributed by atoms with E-state index in [0.717, 1.165) is 18.4 Å². The summed E-state index contributed by atoms with van der Waals surface area (Å²) in [5.41, 5.74) is 1.78. The summed E-state index contributed by atoms with van der Waals surface area (Å²) in [6.07, 6.45) is 4.56. The van der Waals surface area contributed by atoms with Crippen LogP contribution in [0.15, 0.2) is 24.3 Å². The molecule has 1 aliphatic carbocycles. The van der Waals surface area contributed by atoms with Crippen molar-refractivity contribution in [3.8, 4) is 6.07 Å². The van der Waals surface area contributed by atoms with Gasteiger partial charge in [0, 0.05) is 12.6 Å². The molecule has 1 fully saturated rings. The first-order valence-electron chi connectivity index (χ1n) is 7.12. The summed E-state index contributed by atoms with van der Waals surface area (Å²) >= 11 is 0. The predicted molar refractivity (Wildman–Crippen MR) is 75.5 cm³/mol. The van der Waals surface area contributed by atoms with E-state index in [4.69, 9.17) is 5.26 Å². The molecule has 0 spiro atoms. The Morgan fingerprint density at radius 2 is 2.16 bits per heavy atom. The van der Waals surface area contributed by atoms with Crippen molar-refractivity contribution in [3.63, 3.8) is 0 Å². The van der Waals surface area contributed by atoms with Crippen molar-refractivity contribution >= 4 is 0 Å². The van der Waals surface area contributed by atoms with Crippen LogP contribution in [0, 0.1) is 17.2 Å². The number of nitrogens with one attached hydrogen (secondary N) is 1. The molecule has 102 valence electrons. The van der Waals surface area contributed by atoms with Crippen molar-refractivity contribution in [3.05, 3.63) is 35.4 Å². The molecular formula is C16H22N2O. The summed E-state index contributed by atoms with van der Waals surface area (Å²) in [6.45, 7) is 2.69. The summed E-state index contributed by atoms with van der Waals surface area (Å²) in [5, 5.41) is 22.4. The Hall–Kier alpha value is -1.37. The van der Waals surface area contributed by atoms with Crippen LogP contribution < -0.4 is 5.32 Å². The van der Waals surface area contributed by atoms with E-state index in [0.29, 0.717) is 18.0 Å². The minimum Gasteiger partial charge on any atom is -0.392 e. The Labute approximate surface area is 115 Å². The monoisotopic (exact) mass is 258 g/mol. The Morgan fingerprint density at radius 1 is 1.42 bits per heavy atom. The SMILES string of the molecule is CC(NCC(O)C1CCCC1)c1cccc(C#N)c1. The number of nitriles is 1. The standard InChI is InChI=1S/C16H22N2O/c1-12(15-8-4-5-13(9-15)10-17)18-11-16(19)14-6-2-3-7-14/h4-5,8-9,12,14,16,18-19H,2-3,6-7,11H2,1H3. The van der Waals surface area contributed by atoms with Gasteiger partial charge in [0.2, 0.25) is 0 Å². The van der Waals surface area contributed by atoms with Gasteiger partial charge in [-0.3, -0.25) is 0 Å². The summed E-state index contributed by atoms with van der Waals surface area (Å²) in [5.74, 6) is 0.463. The van der Waals surface area contributed by atoms with Gasteiger partial charge in [0.15, 0.2) is 0 Å². The van der Waals surface area contributed by atoms with E-state index in [1.165, 1.54) is 12.8 Å². The van der Waals surface area contributed by atoms with Gasteiger partial charge in [-0.25, -0.2) is 0 Å². The normalized spacial score (nSPS) is 19.0. The van der Waals surface area contributed by atoms with Gasteiger partial charge in [-0.15, -0.1) is 0 Å². The van der Waals surface area contributed by atoms with Gasteiger partial charge in [0.1, 0.15) is 0 Å². The molecule has 1 aliphatic rings. The molecule has 2 unspecified atom stereocenters. The first kappa shape index (κ1) is 14.0. The van der Waals surface area contributed by atoms with Gasteiger partial charge in [-0.2, -0.15) is 5.26 Å². The van der Waals surface area contributed by atoms with Crippen LogP contribution in [0.2, 0.25) is 0 Å². The van der Waals surface area contributed by atoms with Crippen molar-refractivity contribution < 1.29 is 5.11 Å². The third kappa shape index (κ3) is 3.79. The molecule has 1 aromatic rings. The van der Waals surface area contributed by atoms with Gasteiger partial charge in [-0.1, -0.05) is 25.0 Å². The minimum absolute atomic E-state index is 0.157. The van der Waals surface area contributed by atoms with Gasteiger partial charge < -0.3 is 10.4 Å². The molecule has 2 atom stereocenters. The minimum atomic E-state index is -0.246. The first-order chi connectivity index (χ1) is 9.20. The number of hydrogen-bond acceptors (Lipinski definition) is 3. The Morgan fingerprint density at radius 3 is 2.84 bits per heavy atom. The lowest BCUT2D eigenvalue weighted by molar-refractivity contribution is 0.106. The predicted octanol–water partition coefficient (Wildman–Crippen LogP) is 2.76. The third-order valence-corrected chi connectivity index (χ3v) is 4.09. The summed E-state index contributed by atoms with van der Waals surface area (Å²) in [6, 6.07) is 9.94. The summed E-state index contributed by atoms with van der Waals surface area (Å²) < 4.78 is 0. The molecule has 0 aromatic heterocycles. The molecule has 1 saturated carbocycles. The Balaban J connectivity index is 1.86. The molecule has 0 radical (unpaired) electrons. The second-order valence-corrected chi connectivity index (χ2v) is 5.48. The number of nitrogens with zero attached hydrogens (tertiary/aromatic N) is 1. The fourth-order valence-electron chi connectivity index (χ4n) is 2.80. The zero-order valence-electron chi connectivity index (χ0n) is 11.5. The van der Waals surface area contributed by atoms with E-state index < -0.39 is 0 Å². The highest BCUT2D eigenvalue weighted by Crippen LogP contribution is 2.27. The van der Waals surface area contributed by atoms with Crippen molar-refractivity contribution in [1.82, 2.24) is 5.32 Å². The fourth-order valence-corrected chi connectivity index (χ4v) is 2.80. The molecule has 0 bridgehead atoms. The van der Waals surface area contributed by atoms with Gasteiger partial charge in [0.25, 0.3) is 0 Å². The maximum Gasteiger partial charge on any atom is 0.0991 e. The van der Waals surface area contributed by atoms with E-state index in [1.54, 1.807) is 0 Å². The molecule has 3 nitrogen and oxygen atoms in total. The average molecular weight is 258 g/mol. The van der Waals surface area contributed by atoms with Gasteiger partial charge in [-0.05, 0) is 43.4 Å². The van der Waals surface area contributed by atoms with Crippen LogP contribution in [0.25, 0.3) is 0 Å². The van der Waals surface area contributed by atoms with E-state index in [2.05, 4.69) is 18.3 Å². The van der Waals surface area contributed by atoms with E-state index in [9.17, 15) is 5.11 Å². The van der Waals surface area contributed by atoms with Crippen LogP contribution in [-0.4, -0.2) is 17.8 Å². The molecular weight excluding hydrogens is 236 g/mol. The number of benzene rings is 1. The van der Waals surface area contributed by atoms with Crippen molar-refractivity contribution in [2.45, 2.75) is 44.8 Å². The lowest BCUT2D eigenvalue weighted by atomic mass is 10.00. The highest BCUT2D eigenvalue weighted by molar-refractivity contribution is 5.34. The van der Waals surface area contributed by atoms with E-state index in [1.807, 2.05) is 24.3 Å². The topological polar surface area (TPSA) is 56.0 Å². The number of rotatable bonds is 5. The highest BCUT2D eigenvalue weighted by atomic mass is 16.3. The third-order valence-electron chi connectivity index (χ3n) is 4.09. The van der Waals surface area contributed by atoms with Gasteiger partial charge in [0.05, 0.1) is 17.7 Å². The average Bonchev–Trinajstić information content (AvgIpc) is 2.98. The van der Waals surface area contributed by atoms with E-state index >= 15 is 0 Å². The number of aliphatic hydroxyl groups excluding tert-OH is 1. The highest BCUT2D eigenvalue weighted by Gasteiger charge is 2.23. The Kier molecular flexibility index (Phi) is 4.95. The molecule has 3 heteroatoms. The molecule has 0 aliphatic heterocycles. The number of aliphatic hydroxyl groups is 1. The molecule has 2 rings (SSSR count). The van der Waals surface area contributed by atoms with Crippen LogP contribution in [0.5, 0.6) is 0 Å². The van der Waals surface area contributed by atoms with Crippen molar-refractivity contribution in [2.24, 2.45) is 5.92 Å². The largest absolute Gasteiger partial charge is 0.392 e. The van der Waals surface area contributed by atoms with Crippen LogP contribution in [-0.2, 0) is 0 Å². The maximum atomic E-state index is 10.1. The number of hydrogen-bond donors (Lipinski definition) is 2. The molecule has 2 N–H and O–H groups in total. The van der Waals surface area contributed by atoms with Crippen LogP contribution >= 0.6 is 0 Å². The zero-order chi connectivity index (χ0) is 13.7. The summed E-state index contributed by atoms with van der Waals surface area (Å²) in [7, 11) is 0. The quantitative estimate of drug-likeness (QED) is 0.854. The second kappa shape index (κ2) is 6.70. The molecule has 1 aromatic carbocycles. The molecule has 0 amide bonds. The van der Waals surface area contributed by atoms with Crippen LogP contribution in [0.3, 0.4) is 0 Å². The summed E-state index contributed by atoms with van der Waals surface area (Å²) in [4.78, 5) is 0. The molecule has 0 saturated heterocycles. The molecule has 19 heavy (non-hydrogen) atoms. The molecule has 0 heterocycles. The zero-order valence-corrected chi connectivity index (χ0v) is 11.5. The lowest BCUT2D eigenvalue weighted by Gasteiger charge is -2.21. The first-order valence-corrected chi connectivity index (χ1v) is 7.12. The van der Waals surface area contributed by atoms with Gasteiger partial charge >= 0.3 is 0 Å². The second-order valence-electron chi connectivity index (χ2n) is 5.48. The Bertz CT molecular complexity index is 446. The van der Waals surface area contributed by atoms with Crippen molar-refractivity contribution in [1.29, 1.82) is 5.26 Å². The fraction of sp³-hybridized carbons (Fsp3) is 0.562. The smallest absolute Gasteiger partial charge is 0.0991 e.